The highest BCUT2D eigenvalue weighted by Gasteiger charge is 2.38. The molecule has 31 heavy (non-hydrogen) atoms. The van der Waals surface area contributed by atoms with E-state index in [2.05, 4.69) is 20.5 Å². The van der Waals surface area contributed by atoms with E-state index < -0.39 is 29.2 Å². The summed E-state index contributed by atoms with van der Waals surface area (Å²) in [5.74, 6) is -0.658. The van der Waals surface area contributed by atoms with Crippen LogP contribution in [0.5, 0.6) is 0 Å². The van der Waals surface area contributed by atoms with Crippen molar-refractivity contribution < 1.29 is 17.6 Å². The smallest absolute Gasteiger partial charge is 0.264 e. The number of alkyl halides is 2. The molecule has 0 aliphatic carbocycles. The van der Waals surface area contributed by atoms with Crippen LogP contribution in [0.4, 0.5) is 23.2 Å². The lowest BCUT2D eigenvalue weighted by molar-refractivity contribution is 0.151. The summed E-state index contributed by atoms with van der Waals surface area (Å²) in [7, 11) is 0. The molecule has 0 bridgehead atoms. The van der Waals surface area contributed by atoms with Gasteiger partial charge in [-0.1, -0.05) is 0 Å². The average molecular weight is 429 g/mol. The molecule has 5 nitrogen and oxygen atoms in total. The molecule has 0 spiro atoms. The molecule has 1 aliphatic rings. The molecule has 0 saturated heterocycles. The highest BCUT2D eigenvalue weighted by Crippen LogP contribution is 2.46. The Labute approximate surface area is 175 Å². The number of aromatic nitrogens is 4. The summed E-state index contributed by atoms with van der Waals surface area (Å²) in [6.45, 7) is 7.04. The van der Waals surface area contributed by atoms with Crippen molar-refractivity contribution in [3.8, 4) is 16.8 Å². The first-order valence-corrected chi connectivity index (χ1v) is 9.73. The molecule has 0 atom stereocenters. The van der Waals surface area contributed by atoms with Crippen LogP contribution in [0.1, 0.15) is 43.0 Å². The lowest BCUT2D eigenvalue weighted by Gasteiger charge is -2.35. The molecular formula is C22H19F4N5. The standard InChI is InChI=1S/C22H19F4N5/c1-9-8-27-18-12(9)5-11(23)6-13(18)16-14(20(25)26)7-15-19(17(16)24)31-10(2)29-30-21(31)22(3,4)28-15/h5-8,20,27-28H,1-4H3. The zero-order chi connectivity index (χ0) is 22.2. The summed E-state index contributed by atoms with van der Waals surface area (Å²) in [6, 6.07) is 3.61. The van der Waals surface area contributed by atoms with Gasteiger partial charge in [0.05, 0.1) is 16.7 Å². The maximum Gasteiger partial charge on any atom is 0.264 e. The number of anilines is 1. The SMILES string of the molecule is Cc1c[nH]c2c(-c3c(C(F)F)cc4c(c3F)-n3c(C)nnc3C(C)(C)N4)cc(F)cc12. The second kappa shape index (κ2) is 6.32. The molecule has 4 aromatic rings. The Morgan fingerprint density at radius 2 is 1.81 bits per heavy atom. The van der Waals surface area contributed by atoms with E-state index >= 15 is 4.39 Å². The molecule has 3 heterocycles. The van der Waals surface area contributed by atoms with Gasteiger partial charge >= 0.3 is 0 Å². The number of aromatic amines is 1. The van der Waals surface area contributed by atoms with Gasteiger partial charge in [-0.15, -0.1) is 10.2 Å². The molecule has 0 radical (unpaired) electrons. The van der Waals surface area contributed by atoms with Crippen molar-refractivity contribution in [1.29, 1.82) is 0 Å². The minimum Gasteiger partial charge on any atom is -0.371 e. The van der Waals surface area contributed by atoms with Gasteiger partial charge in [0.2, 0.25) is 0 Å². The summed E-state index contributed by atoms with van der Waals surface area (Å²) in [5.41, 5.74) is -0.226. The molecule has 2 aromatic heterocycles. The third-order valence-corrected chi connectivity index (χ3v) is 5.79. The maximum absolute atomic E-state index is 16.1. The Morgan fingerprint density at radius 1 is 1.06 bits per heavy atom. The topological polar surface area (TPSA) is 58.5 Å². The van der Waals surface area contributed by atoms with E-state index in [1.165, 1.54) is 16.7 Å². The molecular weight excluding hydrogens is 410 g/mol. The van der Waals surface area contributed by atoms with Gasteiger partial charge in [0, 0.05) is 28.3 Å². The van der Waals surface area contributed by atoms with E-state index in [9.17, 15) is 13.2 Å². The van der Waals surface area contributed by atoms with Gasteiger partial charge in [-0.25, -0.2) is 17.6 Å². The largest absolute Gasteiger partial charge is 0.371 e. The van der Waals surface area contributed by atoms with Gasteiger partial charge in [0.15, 0.2) is 11.6 Å². The van der Waals surface area contributed by atoms with Crippen LogP contribution in [0, 0.1) is 25.5 Å². The number of fused-ring (bicyclic) bond motifs is 4. The van der Waals surface area contributed by atoms with Crippen LogP contribution in [-0.4, -0.2) is 19.7 Å². The number of H-pyrrole nitrogens is 1. The Kier molecular flexibility index (Phi) is 3.99. The zero-order valence-electron chi connectivity index (χ0n) is 17.2. The molecule has 5 rings (SSSR count). The minimum absolute atomic E-state index is 0.0378. The molecule has 2 N–H and O–H groups in total. The molecule has 2 aromatic carbocycles. The van der Waals surface area contributed by atoms with Crippen molar-refractivity contribution in [2.24, 2.45) is 0 Å². The van der Waals surface area contributed by atoms with E-state index in [4.69, 9.17) is 0 Å². The normalized spacial score (nSPS) is 14.6. The first kappa shape index (κ1) is 19.6. The fourth-order valence-corrected chi connectivity index (χ4v) is 4.38. The van der Waals surface area contributed by atoms with Crippen molar-refractivity contribution in [2.45, 2.75) is 39.7 Å². The number of hydrogen-bond donors (Lipinski definition) is 2. The molecule has 9 heteroatoms. The van der Waals surface area contributed by atoms with Crippen LogP contribution in [0.15, 0.2) is 24.4 Å². The second-order valence-corrected chi connectivity index (χ2v) is 8.36. The van der Waals surface area contributed by atoms with Gasteiger partial charge < -0.3 is 10.3 Å². The van der Waals surface area contributed by atoms with E-state index in [1.807, 2.05) is 13.8 Å². The van der Waals surface area contributed by atoms with Gasteiger partial charge in [-0.3, -0.25) is 4.57 Å². The minimum atomic E-state index is -2.97. The van der Waals surface area contributed by atoms with Gasteiger partial charge in [-0.2, -0.15) is 0 Å². The number of aryl methyl sites for hydroxylation is 2. The Bertz CT molecular complexity index is 1370. The summed E-state index contributed by atoms with van der Waals surface area (Å²) >= 11 is 0. The Morgan fingerprint density at radius 3 is 2.52 bits per heavy atom. The molecule has 0 fully saturated rings. The van der Waals surface area contributed by atoms with Crippen LogP contribution >= 0.6 is 0 Å². The van der Waals surface area contributed by atoms with Crippen LogP contribution in [-0.2, 0) is 5.54 Å². The number of hydrogen-bond acceptors (Lipinski definition) is 3. The number of rotatable bonds is 2. The molecule has 0 unspecified atom stereocenters. The second-order valence-electron chi connectivity index (χ2n) is 8.36. The van der Waals surface area contributed by atoms with E-state index in [1.54, 1.807) is 20.0 Å². The predicted molar refractivity (Wildman–Crippen MR) is 110 cm³/mol. The fourth-order valence-electron chi connectivity index (χ4n) is 4.38. The van der Waals surface area contributed by atoms with Crippen molar-refractivity contribution in [3.05, 3.63) is 58.8 Å². The average Bonchev–Trinajstić information content (AvgIpc) is 3.25. The molecule has 0 amide bonds. The number of halogens is 4. The molecule has 0 saturated carbocycles. The van der Waals surface area contributed by atoms with Crippen molar-refractivity contribution >= 4 is 16.6 Å². The molecule has 1 aliphatic heterocycles. The summed E-state index contributed by atoms with van der Waals surface area (Å²) < 4.78 is 60.4. The quantitative estimate of drug-likeness (QED) is 0.390. The fraction of sp³-hybridized carbons (Fsp3) is 0.273. The van der Waals surface area contributed by atoms with Crippen molar-refractivity contribution in [2.75, 3.05) is 5.32 Å². The summed E-state index contributed by atoms with van der Waals surface area (Å²) in [5, 5.41) is 11.8. The lowest BCUT2D eigenvalue weighted by Crippen LogP contribution is -2.36. The highest BCUT2D eigenvalue weighted by molar-refractivity contribution is 5.98. The van der Waals surface area contributed by atoms with Gasteiger partial charge in [0.1, 0.15) is 17.3 Å². The predicted octanol–water partition coefficient (Wildman–Crippen LogP) is 5.91. The molecule has 160 valence electrons. The third-order valence-electron chi connectivity index (χ3n) is 5.79. The van der Waals surface area contributed by atoms with E-state index in [0.29, 0.717) is 22.6 Å². The summed E-state index contributed by atoms with van der Waals surface area (Å²) in [6.07, 6.45) is -1.34. The van der Waals surface area contributed by atoms with Crippen LogP contribution in [0.3, 0.4) is 0 Å². The van der Waals surface area contributed by atoms with Gasteiger partial charge in [0.25, 0.3) is 6.43 Å². The number of nitrogens with one attached hydrogen (secondary N) is 2. The van der Waals surface area contributed by atoms with Gasteiger partial charge in [-0.05, 0) is 51.5 Å². The monoisotopic (exact) mass is 429 g/mol. The maximum atomic E-state index is 16.1. The zero-order valence-corrected chi connectivity index (χ0v) is 17.2. The Balaban J connectivity index is 1.92. The van der Waals surface area contributed by atoms with Crippen molar-refractivity contribution in [3.63, 3.8) is 0 Å². The highest BCUT2D eigenvalue weighted by atomic mass is 19.3. The van der Waals surface area contributed by atoms with E-state index in [0.717, 1.165) is 11.6 Å². The number of nitrogens with zero attached hydrogens (tertiary/aromatic N) is 3. The van der Waals surface area contributed by atoms with E-state index in [-0.39, 0.29) is 22.5 Å². The Hall–Kier alpha value is -3.36. The first-order valence-electron chi connectivity index (χ1n) is 9.73. The van der Waals surface area contributed by atoms with Crippen molar-refractivity contribution in [1.82, 2.24) is 19.7 Å². The number of benzene rings is 2. The first-order chi connectivity index (χ1) is 14.6. The van der Waals surface area contributed by atoms with Crippen LogP contribution < -0.4 is 5.32 Å². The summed E-state index contributed by atoms with van der Waals surface area (Å²) in [4.78, 5) is 2.97. The lowest BCUT2D eigenvalue weighted by atomic mass is 9.92. The van der Waals surface area contributed by atoms with Crippen LogP contribution in [0.2, 0.25) is 0 Å². The van der Waals surface area contributed by atoms with Crippen LogP contribution in [0.25, 0.3) is 27.7 Å². The third kappa shape index (κ3) is 2.68.